The number of aryl methyl sites for hydroxylation is 1. The van der Waals surface area contributed by atoms with Gasteiger partial charge in [-0.25, -0.2) is 0 Å². The van der Waals surface area contributed by atoms with Crippen LogP contribution in [-0.2, 0) is 11.4 Å². The number of likely N-dealkylation sites (N-methyl/N-ethyl adjacent to an activating group) is 1. The number of rotatable bonds is 6. The zero-order valence-electron chi connectivity index (χ0n) is 11.1. The molecule has 1 aliphatic rings. The molecule has 1 aromatic heterocycles. The van der Waals surface area contributed by atoms with Crippen molar-refractivity contribution in [2.75, 3.05) is 20.2 Å². The van der Waals surface area contributed by atoms with Gasteiger partial charge in [0.1, 0.15) is 0 Å². The van der Waals surface area contributed by atoms with Gasteiger partial charge in [-0.15, -0.1) is 10.2 Å². The first-order chi connectivity index (χ1) is 9.29. The third-order valence-electron chi connectivity index (χ3n) is 3.22. The van der Waals surface area contributed by atoms with Crippen molar-refractivity contribution in [3.05, 3.63) is 6.33 Å². The fourth-order valence-electron chi connectivity index (χ4n) is 2.15. The molecule has 0 saturated carbocycles. The highest BCUT2D eigenvalue weighted by Crippen LogP contribution is 2.14. The molecule has 0 amide bonds. The van der Waals surface area contributed by atoms with E-state index in [1.807, 2.05) is 7.05 Å². The number of nitrogens with one attached hydrogen (secondary N) is 1. The Balaban J connectivity index is 1.55. The predicted molar refractivity (Wildman–Crippen MR) is 66.6 cm³/mol. The van der Waals surface area contributed by atoms with Crippen LogP contribution >= 0.6 is 0 Å². The van der Waals surface area contributed by atoms with Gasteiger partial charge >= 0.3 is 0 Å². The molecular formula is C11H19N7O. The Morgan fingerprint density at radius 2 is 2.42 bits per heavy atom. The summed E-state index contributed by atoms with van der Waals surface area (Å²) in [5.74, 6) is 0. The van der Waals surface area contributed by atoms with Gasteiger partial charge in [-0.2, -0.15) is 15.5 Å². The van der Waals surface area contributed by atoms with Crippen LogP contribution in [0.25, 0.3) is 0 Å². The van der Waals surface area contributed by atoms with Crippen molar-refractivity contribution in [1.82, 2.24) is 30.6 Å². The largest absolute Gasteiger partial charge is 0.301 e. The minimum absolute atomic E-state index is 0.0384. The second kappa shape index (κ2) is 7.13. The highest BCUT2D eigenvalue weighted by atomic mass is 16.6. The van der Waals surface area contributed by atoms with Crippen LogP contribution in [0.15, 0.2) is 6.33 Å². The maximum atomic E-state index is 8.92. The van der Waals surface area contributed by atoms with Gasteiger partial charge in [-0.3, -0.25) is 4.90 Å². The molecule has 1 aliphatic heterocycles. The molecular weight excluding hydrogens is 246 g/mol. The third-order valence-corrected chi connectivity index (χ3v) is 3.22. The second-order valence-corrected chi connectivity index (χ2v) is 4.71. The van der Waals surface area contributed by atoms with Gasteiger partial charge in [0.25, 0.3) is 0 Å². The number of piperidine rings is 1. The highest BCUT2D eigenvalue weighted by molar-refractivity contribution is 4.95. The summed E-state index contributed by atoms with van der Waals surface area (Å²) in [6.07, 6.45) is 4.10. The first kappa shape index (κ1) is 13.9. The predicted octanol–water partition coefficient (Wildman–Crippen LogP) is -0.429. The summed E-state index contributed by atoms with van der Waals surface area (Å²) in [7, 11) is 1.97. The number of hydrogen-bond donors (Lipinski definition) is 1. The molecule has 1 N–H and O–H groups in total. The summed E-state index contributed by atoms with van der Waals surface area (Å²) < 4.78 is 0. The lowest BCUT2D eigenvalue weighted by molar-refractivity contribution is -0.00801. The van der Waals surface area contributed by atoms with E-state index in [9.17, 15) is 0 Å². The van der Waals surface area contributed by atoms with Gasteiger partial charge in [0.2, 0.25) is 0 Å². The molecule has 8 heteroatoms. The van der Waals surface area contributed by atoms with Gasteiger partial charge in [0, 0.05) is 12.6 Å². The summed E-state index contributed by atoms with van der Waals surface area (Å²) in [5.41, 5.74) is 3.06. The molecule has 0 aliphatic carbocycles. The van der Waals surface area contributed by atoms with Crippen molar-refractivity contribution < 1.29 is 4.84 Å². The smallest absolute Gasteiger partial charge is 0.162 e. The number of nitriles is 1. The van der Waals surface area contributed by atoms with E-state index in [1.165, 1.54) is 11.1 Å². The van der Waals surface area contributed by atoms with Gasteiger partial charge in [-0.05, 0) is 31.5 Å². The molecule has 104 valence electrons. The van der Waals surface area contributed by atoms with Gasteiger partial charge in [0.05, 0.1) is 25.3 Å². The highest BCUT2D eigenvalue weighted by Gasteiger charge is 2.25. The summed E-state index contributed by atoms with van der Waals surface area (Å²) in [4.78, 5) is 9.04. The lowest BCUT2D eigenvalue weighted by Crippen LogP contribution is -2.48. The van der Waals surface area contributed by atoms with E-state index in [4.69, 9.17) is 10.1 Å². The van der Waals surface area contributed by atoms with Crippen LogP contribution in [0.2, 0.25) is 0 Å². The average Bonchev–Trinajstić information content (AvgIpc) is 2.92. The van der Waals surface area contributed by atoms with Gasteiger partial charge in [0.15, 0.2) is 6.33 Å². The first-order valence-corrected chi connectivity index (χ1v) is 6.47. The van der Waals surface area contributed by atoms with E-state index in [-0.39, 0.29) is 6.04 Å². The van der Waals surface area contributed by atoms with Crippen LogP contribution in [0, 0.1) is 11.3 Å². The number of aromatic nitrogens is 4. The van der Waals surface area contributed by atoms with Crippen LogP contribution in [0.3, 0.4) is 0 Å². The number of tetrazole rings is 1. The molecule has 1 fully saturated rings. The lowest BCUT2D eigenvalue weighted by atomic mass is 10.0. The van der Waals surface area contributed by atoms with Crippen molar-refractivity contribution in [1.29, 1.82) is 5.26 Å². The normalized spacial score (nSPS) is 24.2. The Kier molecular flexibility index (Phi) is 5.20. The Bertz CT molecular complexity index is 402. The Morgan fingerprint density at radius 1 is 1.53 bits per heavy atom. The summed E-state index contributed by atoms with van der Waals surface area (Å²) in [5, 5.41) is 20.2. The molecule has 1 saturated heterocycles. The van der Waals surface area contributed by atoms with Crippen molar-refractivity contribution >= 4 is 0 Å². The molecule has 0 aromatic carbocycles. The summed E-state index contributed by atoms with van der Waals surface area (Å²) in [6, 6.07) is 2.63. The molecule has 8 nitrogen and oxygen atoms in total. The van der Waals surface area contributed by atoms with Gasteiger partial charge in [-0.1, -0.05) is 0 Å². The molecule has 0 spiro atoms. The molecule has 0 bridgehead atoms. The first-order valence-electron chi connectivity index (χ1n) is 6.47. The number of likely N-dealkylation sites (tertiary alicyclic amines) is 1. The quantitative estimate of drug-likeness (QED) is 0.551. The summed E-state index contributed by atoms with van der Waals surface area (Å²) in [6.45, 7) is 2.13. The minimum atomic E-state index is 0.0384. The fraction of sp³-hybridized carbons (Fsp3) is 0.818. The van der Waals surface area contributed by atoms with E-state index >= 15 is 0 Å². The number of hydrogen-bond acceptors (Lipinski definition) is 7. The van der Waals surface area contributed by atoms with Crippen LogP contribution in [0.4, 0.5) is 0 Å². The minimum Gasteiger partial charge on any atom is -0.301 e. The zero-order chi connectivity index (χ0) is 13.5. The number of nitrogens with zero attached hydrogens (tertiary/aromatic N) is 6. The Morgan fingerprint density at radius 3 is 3.11 bits per heavy atom. The van der Waals surface area contributed by atoms with Crippen molar-refractivity contribution in [2.24, 2.45) is 0 Å². The monoisotopic (exact) mass is 265 g/mol. The molecule has 2 heterocycles. The second-order valence-electron chi connectivity index (χ2n) is 4.71. The molecule has 1 aromatic rings. The standard InChI is InChI=1S/C11H19N7O/c1-17-8-10(3-4-11(17)7-12)15-19-6-2-5-18-14-9-13-16-18/h9-11,15H,2-6,8H2,1H3/t10-,11+/m1/s1. The zero-order valence-corrected chi connectivity index (χ0v) is 11.1. The average molecular weight is 265 g/mol. The van der Waals surface area contributed by atoms with E-state index in [2.05, 4.69) is 31.9 Å². The van der Waals surface area contributed by atoms with Crippen molar-refractivity contribution in [3.63, 3.8) is 0 Å². The third kappa shape index (κ3) is 4.24. The Hall–Kier alpha value is -1.56. The van der Waals surface area contributed by atoms with Crippen LogP contribution in [0.5, 0.6) is 0 Å². The van der Waals surface area contributed by atoms with E-state index in [0.717, 1.165) is 25.8 Å². The summed E-state index contributed by atoms with van der Waals surface area (Å²) >= 11 is 0. The van der Waals surface area contributed by atoms with Crippen LogP contribution < -0.4 is 5.48 Å². The maximum absolute atomic E-state index is 8.92. The molecule has 2 atom stereocenters. The van der Waals surface area contributed by atoms with E-state index < -0.39 is 0 Å². The van der Waals surface area contributed by atoms with Crippen molar-refractivity contribution in [2.45, 2.75) is 37.9 Å². The Labute approximate surface area is 112 Å². The molecule has 0 radical (unpaired) electrons. The SMILES string of the molecule is CN1C[C@H](NOCCCn2ncnn2)CC[C@H]1C#N. The fourth-order valence-corrected chi connectivity index (χ4v) is 2.15. The van der Waals surface area contributed by atoms with Crippen molar-refractivity contribution in [3.8, 4) is 6.07 Å². The van der Waals surface area contributed by atoms with Crippen LogP contribution in [0.1, 0.15) is 19.3 Å². The molecule has 0 unspecified atom stereocenters. The topological polar surface area (TPSA) is 91.9 Å². The van der Waals surface area contributed by atoms with E-state index in [0.29, 0.717) is 19.2 Å². The molecule has 2 rings (SSSR count). The maximum Gasteiger partial charge on any atom is 0.162 e. The van der Waals surface area contributed by atoms with Gasteiger partial charge < -0.3 is 4.84 Å². The van der Waals surface area contributed by atoms with Crippen LogP contribution in [-0.4, -0.2) is 57.4 Å². The number of hydroxylamine groups is 1. The molecule has 19 heavy (non-hydrogen) atoms. The van der Waals surface area contributed by atoms with E-state index in [1.54, 1.807) is 0 Å². The lowest BCUT2D eigenvalue weighted by Gasteiger charge is -2.33.